The molecule has 0 atom stereocenters. The van der Waals surface area contributed by atoms with Crippen LogP contribution in [0.5, 0.6) is 0 Å². The van der Waals surface area contributed by atoms with E-state index in [4.69, 9.17) is 11.6 Å². The molecule has 1 aromatic heterocycles. The maximum absolute atomic E-state index is 13.1. The Bertz CT molecular complexity index is 1430. The zero-order valence-electron chi connectivity index (χ0n) is 19.6. The smallest absolute Gasteiger partial charge is 0.259 e. The third kappa shape index (κ3) is 4.45. The molecule has 0 radical (unpaired) electrons. The number of carbonyl (C=O) groups excluding carboxylic acids is 2. The molecule has 1 aliphatic rings. The zero-order chi connectivity index (χ0) is 24.5. The Hall–Kier alpha value is -3.90. The number of para-hydroxylation sites is 1. The average molecular weight is 485 g/mol. The van der Waals surface area contributed by atoms with Crippen molar-refractivity contribution >= 4 is 34.8 Å². The fraction of sp³-hybridized carbons (Fsp3) is 0.179. The second-order valence-electron chi connectivity index (χ2n) is 8.66. The van der Waals surface area contributed by atoms with Crippen molar-refractivity contribution in [2.24, 2.45) is 0 Å². The summed E-state index contributed by atoms with van der Waals surface area (Å²) in [5, 5.41) is 8.16. The molecule has 176 valence electrons. The van der Waals surface area contributed by atoms with Crippen LogP contribution in [-0.2, 0) is 13.0 Å². The summed E-state index contributed by atoms with van der Waals surface area (Å²) in [5.41, 5.74) is 6.23. The average Bonchev–Trinajstić information content (AvgIpc) is 3.41. The van der Waals surface area contributed by atoms with Crippen LogP contribution in [0, 0.1) is 13.8 Å². The van der Waals surface area contributed by atoms with Gasteiger partial charge in [-0.3, -0.25) is 14.3 Å². The molecular weight excluding hydrogens is 460 g/mol. The Morgan fingerprint density at radius 1 is 0.971 bits per heavy atom. The number of carbonyl (C=O) groups is 2. The van der Waals surface area contributed by atoms with E-state index in [1.807, 2.05) is 61.2 Å². The molecular formula is C28H25ClN4O2. The number of benzene rings is 3. The molecule has 0 bridgehead atoms. The Kier molecular flexibility index (Phi) is 6.14. The summed E-state index contributed by atoms with van der Waals surface area (Å²) in [7, 11) is 0. The monoisotopic (exact) mass is 484 g/mol. The number of fused-ring (bicyclic) bond motifs is 1. The lowest BCUT2D eigenvalue weighted by atomic mass is 10.1. The van der Waals surface area contributed by atoms with Gasteiger partial charge in [-0.15, -0.1) is 0 Å². The first-order valence-corrected chi connectivity index (χ1v) is 11.9. The van der Waals surface area contributed by atoms with Gasteiger partial charge in [0.25, 0.3) is 11.8 Å². The van der Waals surface area contributed by atoms with Crippen molar-refractivity contribution in [2.45, 2.75) is 26.8 Å². The molecule has 6 nitrogen and oxygen atoms in total. The Labute approximate surface area is 209 Å². The van der Waals surface area contributed by atoms with Gasteiger partial charge in [0.15, 0.2) is 0 Å². The van der Waals surface area contributed by atoms with Crippen LogP contribution in [0.25, 0.3) is 0 Å². The number of halogens is 1. The minimum atomic E-state index is -0.238. The van der Waals surface area contributed by atoms with Gasteiger partial charge in [-0.1, -0.05) is 48.0 Å². The lowest BCUT2D eigenvalue weighted by Crippen LogP contribution is -2.28. The van der Waals surface area contributed by atoms with Gasteiger partial charge in [-0.05, 0) is 67.8 Å². The molecule has 0 unspecified atom stereocenters. The molecule has 0 fully saturated rings. The maximum Gasteiger partial charge on any atom is 0.259 e. The highest BCUT2D eigenvalue weighted by molar-refractivity contribution is 6.31. The molecule has 1 aliphatic heterocycles. The highest BCUT2D eigenvalue weighted by atomic mass is 35.5. The number of anilines is 2. The van der Waals surface area contributed by atoms with Gasteiger partial charge in [0.1, 0.15) is 0 Å². The SMILES string of the molecule is Cc1nn(Cc2ccccc2Cl)c(C)c1C(=O)Nc1ccc(C(=O)N2CCc3ccccc32)cc1. The molecule has 7 heteroatoms. The van der Waals surface area contributed by atoms with Crippen molar-refractivity contribution in [3.63, 3.8) is 0 Å². The number of amides is 2. The lowest BCUT2D eigenvalue weighted by Gasteiger charge is -2.17. The quantitative estimate of drug-likeness (QED) is 0.397. The van der Waals surface area contributed by atoms with E-state index in [0.29, 0.717) is 40.6 Å². The van der Waals surface area contributed by atoms with Crippen LogP contribution in [-0.4, -0.2) is 28.1 Å². The van der Waals surface area contributed by atoms with E-state index in [2.05, 4.69) is 16.5 Å². The van der Waals surface area contributed by atoms with Crippen molar-refractivity contribution < 1.29 is 9.59 Å². The third-order valence-electron chi connectivity index (χ3n) is 6.41. The molecule has 3 aromatic carbocycles. The van der Waals surface area contributed by atoms with Crippen molar-refractivity contribution in [3.8, 4) is 0 Å². The minimum absolute atomic E-state index is 0.0413. The summed E-state index contributed by atoms with van der Waals surface area (Å²) >= 11 is 6.30. The number of hydrogen-bond donors (Lipinski definition) is 1. The van der Waals surface area contributed by atoms with Crippen LogP contribution in [0.2, 0.25) is 5.02 Å². The molecule has 35 heavy (non-hydrogen) atoms. The van der Waals surface area contributed by atoms with Gasteiger partial charge in [0, 0.05) is 34.2 Å². The largest absolute Gasteiger partial charge is 0.322 e. The Morgan fingerprint density at radius 3 is 2.46 bits per heavy atom. The number of rotatable bonds is 5. The van der Waals surface area contributed by atoms with Crippen molar-refractivity contribution in [1.82, 2.24) is 9.78 Å². The molecule has 0 saturated carbocycles. The predicted molar refractivity (Wildman–Crippen MR) is 138 cm³/mol. The summed E-state index contributed by atoms with van der Waals surface area (Å²) in [6.45, 7) is 4.85. The number of hydrogen-bond acceptors (Lipinski definition) is 3. The standard InChI is InChI=1S/C28H25ClN4O2/c1-18-26(19(2)33(31-18)17-22-8-3-5-9-24(22)29)27(34)30-23-13-11-21(12-14-23)28(35)32-16-15-20-7-4-6-10-25(20)32/h3-14H,15-17H2,1-2H3,(H,30,34). The van der Waals surface area contributed by atoms with E-state index in [-0.39, 0.29) is 11.8 Å². The van der Waals surface area contributed by atoms with E-state index in [1.165, 1.54) is 5.56 Å². The Morgan fingerprint density at radius 2 is 1.69 bits per heavy atom. The van der Waals surface area contributed by atoms with Gasteiger partial charge < -0.3 is 10.2 Å². The van der Waals surface area contributed by atoms with Crippen LogP contribution in [0.3, 0.4) is 0 Å². The molecule has 0 spiro atoms. The Balaban J connectivity index is 1.30. The number of nitrogens with zero attached hydrogens (tertiary/aromatic N) is 3. The van der Waals surface area contributed by atoms with Gasteiger partial charge in [0.05, 0.1) is 17.8 Å². The second-order valence-corrected chi connectivity index (χ2v) is 9.07. The van der Waals surface area contributed by atoms with Gasteiger partial charge >= 0.3 is 0 Å². The molecule has 2 heterocycles. The topological polar surface area (TPSA) is 67.2 Å². The summed E-state index contributed by atoms with van der Waals surface area (Å²) in [5.74, 6) is -0.279. The van der Waals surface area contributed by atoms with Crippen molar-refractivity contribution in [2.75, 3.05) is 16.8 Å². The van der Waals surface area contributed by atoms with Crippen LogP contribution < -0.4 is 10.2 Å². The molecule has 0 aliphatic carbocycles. The van der Waals surface area contributed by atoms with Crippen LogP contribution in [0.15, 0.2) is 72.8 Å². The number of aryl methyl sites for hydroxylation is 1. The summed E-state index contributed by atoms with van der Waals surface area (Å²) in [6.07, 6.45) is 0.860. The molecule has 1 N–H and O–H groups in total. The third-order valence-corrected chi connectivity index (χ3v) is 6.78. The first kappa shape index (κ1) is 22.9. The first-order valence-electron chi connectivity index (χ1n) is 11.5. The fourth-order valence-electron chi connectivity index (χ4n) is 4.56. The number of aromatic nitrogens is 2. The highest BCUT2D eigenvalue weighted by Crippen LogP contribution is 2.29. The summed E-state index contributed by atoms with van der Waals surface area (Å²) in [6, 6.07) is 22.6. The predicted octanol–water partition coefficient (Wildman–Crippen LogP) is 5.66. The zero-order valence-corrected chi connectivity index (χ0v) is 20.3. The van der Waals surface area contributed by atoms with Gasteiger partial charge in [-0.25, -0.2) is 0 Å². The molecule has 0 saturated heterocycles. The fourth-order valence-corrected chi connectivity index (χ4v) is 4.76. The summed E-state index contributed by atoms with van der Waals surface area (Å²) in [4.78, 5) is 27.9. The first-order chi connectivity index (χ1) is 16.9. The van der Waals surface area contributed by atoms with E-state index in [9.17, 15) is 9.59 Å². The molecule has 4 aromatic rings. The van der Waals surface area contributed by atoms with E-state index in [1.54, 1.807) is 28.9 Å². The van der Waals surface area contributed by atoms with E-state index < -0.39 is 0 Å². The molecule has 2 amide bonds. The van der Waals surface area contributed by atoms with Gasteiger partial charge in [0.2, 0.25) is 0 Å². The van der Waals surface area contributed by atoms with Crippen molar-refractivity contribution in [1.29, 1.82) is 0 Å². The highest BCUT2D eigenvalue weighted by Gasteiger charge is 2.25. The van der Waals surface area contributed by atoms with Crippen LogP contribution in [0.1, 0.15) is 43.2 Å². The lowest BCUT2D eigenvalue weighted by molar-refractivity contribution is 0.0988. The minimum Gasteiger partial charge on any atom is -0.322 e. The van der Waals surface area contributed by atoms with E-state index in [0.717, 1.165) is 23.4 Å². The summed E-state index contributed by atoms with van der Waals surface area (Å²) < 4.78 is 1.79. The van der Waals surface area contributed by atoms with Crippen molar-refractivity contribution in [3.05, 3.63) is 111 Å². The number of nitrogens with one attached hydrogen (secondary N) is 1. The van der Waals surface area contributed by atoms with E-state index >= 15 is 0 Å². The van der Waals surface area contributed by atoms with Gasteiger partial charge in [-0.2, -0.15) is 5.10 Å². The maximum atomic E-state index is 13.1. The van der Waals surface area contributed by atoms with Crippen LogP contribution >= 0.6 is 11.6 Å². The molecule has 5 rings (SSSR count). The van der Waals surface area contributed by atoms with Crippen LogP contribution in [0.4, 0.5) is 11.4 Å². The normalized spacial score (nSPS) is 12.5. The second kappa shape index (κ2) is 9.39.